The Kier molecular flexibility index (Phi) is 8.92. The molecule has 276 valence electrons. The van der Waals surface area contributed by atoms with E-state index in [-0.39, 0.29) is 5.41 Å². The van der Waals surface area contributed by atoms with Crippen molar-refractivity contribution in [2.45, 2.75) is 19.3 Å². The van der Waals surface area contributed by atoms with Crippen LogP contribution in [0, 0.1) is 0 Å². The molecule has 0 fully saturated rings. The monoisotopic (exact) mass is 741 g/mol. The van der Waals surface area contributed by atoms with E-state index in [4.69, 9.17) is 0 Å². The Morgan fingerprint density at radius 1 is 0.276 bits per heavy atom. The molecule has 0 spiro atoms. The molecule has 0 aromatic heterocycles. The fourth-order valence-corrected chi connectivity index (χ4v) is 9.05. The van der Waals surface area contributed by atoms with Crippen LogP contribution >= 0.6 is 0 Å². The maximum atomic E-state index is 2.49. The van der Waals surface area contributed by atoms with E-state index < -0.39 is 0 Å². The molecule has 58 heavy (non-hydrogen) atoms. The lowest BCUT2D eigenvalue weighted by molar-refractivity contribution is 0.660. The van der Waals surface area contributed by atoms with Gasteiger partial charge in [0.05, 0.1) is 5.69 Å². The van der Waals surface area contributed by atoms with E-state index in [9.17, 15) is 0 Å². The van der Waals surface area contributed by atoms with Crippen LogP contribution < -0.4 is 4.90 Å². The second kappa shape index (κ2) is 14.7. The van der Waals surface area contributed by atoms with Crippen LogP contribution in [0.2, 0.25) is 0 Å². The maximum absolute atomic E-state index is 2.49. The third kappa shape index (κ3) is 6.22. The van der Waals surface area contributed by atoms with Crippen molar-refractivity contribution < 1.29 is 0 Å². The number of para-hydroxylation sites is 1. The van der Waals surface area contributed by atoms with Gasteiger partial charge < -0.3 is 4.90 Å². The smallest absolute Gasteiger partial charge is 0.0540 e. The normalized spacial score (nSPS) is 12.4. The van der Waals surface area contributed by atoms with Crippen LogP contribution in [0.1, 0.15) is 25.0 Å². The van der Waals surface area contributed by atoms with Gasteiger partial charge in [-0.2, -0.15) is 0 Å². The summed E-state index contributed by atoms with van der Waals surface area (Å²) in [6, 6.07) is 82.0. The van der Waals surface area contributed by atoms with E-state index in [1.54, 1.807) is 0 Å². The molecule has 0 aliphatic heterocycles. The minimum absolute atomic E-state index is 0.0913. The van der Waals surface area contributed by atoms with Crippen LogP contribution in [0.3, 0.4) is 0 Å². The first-order chi connectivity index (χ1) is 28.5. The van der Waals surface area contributed by atoms with Crippen LogP contribution in [0.25, 0.3) is 66.8 Å². The molecule has 0 heterocycles. The molecule has 1 heteroatoms. The van der Waals surface area contributed by atoms with Crippen molar-refractivity contribution in [1.29, 1.82) is 0 Å². The van der Waals surface area contributed by atoms with E-state index in [1.165, 1.54) is 72.3 Å². The van der Waals surface area contributed by atoms with E-state index in [2.05, 4.69) is 243 Å². The molecule has 0 saturated heterocycles. The van der Waals surface area contributed by atoms with Crippen molar-refractivity contribution in [3.63, 3.8) is 0 Å². The van der Waals surface area contributed by atoms with Gasteiger partial charge in [-0.1, -0.05) is 202 Å². The molecular weight excluding hydrogens is 699 g/mol. The Morgan fingerprint density at radius 3 is 1.31 bits per heavy atom. The van der Waals surface area contributed by atoms with Crippen molar-refractivity contribution in [3.05, 3.63) is 236 Å². The average molecular weight is 742 g/mol. The summed E-state index contributed by atoms with van der Waals surface area (Å²) in [5.74, 6) is 0. The molecule has 0 amide bonds. The van der Waals surface area contributed by atoms with Gasteiger partial charge in [-0.3, -0.25) is 0 Å². The number of anilines is 3. The minimum atomic E-state index is -0.0913. The summed E-state index contributed by atoms with van der Waals surface area (Å²) in [7, 11) is 0. The third-order valence-corrected chi connectivity index (χ3v) is 11.9. The van der Waals surface area contributed by atoms with Gasteiger partial charge in [-0.15, -0.1) is 0 Å². The van der Waals surface area contributed by atoms with E-state index in [0.717, 1.165) is 22.6 Å². The van der Waals surface area contributed by atoms with Gasteiger partial charge in [-0.25, -0.2) is 0 Å². The molecule has 0 N–H and O–H groups in total. The van der Waals surface area contributed by atoms with E-state index in [1.807, 2.05) is 0 Å². The Hall–Kier alpha value is -7.22. The van der Waals surface area contributed by atoms with Crippen molar-refractivity contribution >= 4 is 17.1 Å². The first-order valence-corrected chi connectivity index (χ1v) is 20.2. The highest BCUT2D eigenvalue weighted by atomic mass is 15.1. The van der Waals surface area contributed by atoms with Crippen molar-refractivity contribution in [2.75, 3.05) is 4.90 Å². The fraction of sp³-hybridized carbons (Fsp3) is 0.0526. The molecule has 1 nitrogen and oxygen atoms in total. The second-order valence-corrected chi connectivity index (χ2v) is 15.7. The third-order valence-electron chi connectivity index (χ3n) is 11.9. The summed E-state index contributed by atoms with van der Waals surface area (Å²) in [6.45, 7) is 4.70. The zero-order valence-electron chi connectivity index (χ0n) is 32.8. The first-order valence-electron chi connectivity index (χ1n) is 20.2. The SMILES string of the molecule is CC1(C)c2ccccc2-c2cc(N(c3cc(-c4ccccc4)cc(-c4ccccc4)c3)c3ccccc3-c3ccccc3-c3ccccc3-c3ccccc3)ccc21. The Bertz CT molecular complexity index is 2850. The van der Waals surface area contributed by atoms with Gasteiger partial charge in [0.2, 0.25) is 0 Å². The summed E-state index contributed by atoms with van der Waals surface area (Å²) in [5, 5.41) is 0. The Balaban J connectivity index is 1.24. The summed E-state index contributed by atoms with van der Waals surface area (Å²) in [5.41, 5.74) is 20.4. The van der Waals surface area contributed by atoms with Crippen LogP contribution in [0.5, 0.6) is 0 Å². The molecule has 0 radical (unpaired) electrons. The quantitative estimate of drug-likeness (QED) is 0.150. The zero-order valence-corrected chi connectivity index (χ0v) is 32.8. The largest absolute Gasteiger partial charge is 0.310 e. The number of nitrogens with zero attached hydrogens (tertiary/aromatic N) is 1. The van der Waals surface area contributed by atoms with Crippen molar-refractivity contribution in [1.82, 2.24) is 0 Å². The van der Waals surface area contributed by atoms with Crippen LogP contribution in [-0.2, 0) is 5.41 Å². The summed E-state index contributed by atoms with van der Waals surface area (Å²) >= 11 is 0. The van der Waals surface area contributed by atoms with Gasteiger partial charge in [-0.05, 0) is 109 Å². The summed E-state index contributed by atoms with van der Waals surface area (Å²) in [4.78, 5) is 2.49. The maximum Gasteiger partial charge on any atom is 0.0540 e. The van der Waals surface area contributed by atoms with Gasteiger partial charge in [0, 0.05) is 22.4 Å². The lowest BCUT2D eigenvalue weighted by Crippen LogP contribution is -2.15. The molecule has 0 unspecified atom stereocenters. The number of benzene rings is 9. The predicted octanol–water partition coefficient (Wildman–Crippen LogP) is 15.8. The van der Waals surface area contributed by atoms with Crippen LogP contribution in [0.4, 0.5) is 17.1 Å². The molecule has 1 aliphatic carbocycles. The summed E-state index contributed by atoms with van der Waals surface area (Å²) < 4.78 is 0. The number of hydrogen-bond donors (Lipinski definition) is 0. The van der Waals surface area contributed by atoms with E-state index >= 15 is 0 Å². The van der Waals surface area contributed by atoms with Crippen molar-refractivity contribution in [2.24, 2.45) is 0 Å². The van der Waals surface area contributed by atoms with Gasteiger partial charge in [0.15, 0.2) is 0 Å². The molecule has 9 aromatic carbocycles. The minimum Gasteiger partial charge on any atom is -0.310 e. The molecule has 1 aliphatic rings. The topological polar surface area (TPSA) is 3.24 Å². The highest BCUT2D eigenvalue weighted by molar-refractivity contribution is 5.98. The standard InChI is InChI=1S/C57H43N/c1-57(2)54-32-18-16-30-51(54)53-39-45(34-35-55(53)57)58(46-37-43(40-20-6-3-7-21-40)36-44(38-46)41-22-8-4-9-23-41)56-33-19-17-31-52(56)50-29-15-14-28-49(50)48-27-13-12-26-47(48)42-24-10-5-11-25-42/h3-39H,1-2H3. The number of fused-ring (bicyclic) bond motifs is 3. The van der Waals surface area contributed by atoms with Gasteiger partial charge in [0.1, 0.15) is 0 Å². The van der Waals surface area contributed by atoms with Gasteiger partial charge in [0.25, 0.3) is 0 Å². The van der Waals surface area contributed by atoms with Crippen LogP contribution in [-0.4, -0.2) is 0 Å². The highest BCUT2D eigenvalue weighted by Gasteiger charge is 2.35. The Labute approximate surface area is 342 Å². The average Bonchev–Trinajstić information content (AvgIpc) is 3.52. The number of rotatable bonds is 8. The van der Waals surface area contributed by atoms with Crippen molar-refractivity contribution in [3.8, 4) is 66.8 Å². The zero-order chi connectivity index (χ0) is 39.1. The molecular formula is C57H43N. The fourth-order valence-electron chi connectivity index (χ4n) is 9.05. The molecule has 10 rings (SSSR count). The predicted molar refractivity (Wildman–Crippen MR) is 246 cm³/mol. The summed E-state index contributed by atoms with van der Waals surface area (Å²) in [6.07, 6.45) is 0. The van der Waals surface area contributed by atoms with Crippen LogP contribution in [0.15, 0.2) is 224 Å². The highest BCUT2D eigenvalue weighted by Crippen LogP contribution is 2.52. The lowest BCUT2D eigenvalue weighted by atomic mass is 9.82. The molecule has 0 bridgehead atoms. The van der Waals surface area contributed by atoms with E-state index in [0.29, 0.717) is 0 Å². The molecule has 9 aromatic rings. The number of hydrogen-bond acceptors (Lipinski definition) is 1. The molecule has 0 atom stereocenters. The first kappa shape index (κ1) is 35.2. The van der Waals surface area contributed by atoms with Gasteiger partial charge >= 0.3 is 0 Å². The lowest BCUT2D eigenvalue weighted by Gasteiger charge is -2.30. The Morgan fingerprint density at radius 2 is 0.707 bits per heavy atom. The second-order valence-electron chi connectivity index (χ2n) is 15.7. The molecule has 0 saturated carbocycles.